The number of phenolic OH excluding ortho intramolecular Hbond substituents is 2. The summed E-state index contributed by atoms with van der Waals surface area (Å²) in [5, 5.41) is 18.6. The Labute approximate surface area is 75.4 Å². The van der Waals surface area contributed by atoms with E-state index >= 15 is 0 Å². The third kappa shape index (κ3) is 1.56. The van der Waals surface area contributed by atoms with Crippen LogP contribution < -0.4 is 4.74 Å². The van der Waals surface area contributed by atoms with Gasteiger partial charge in [0.1, 0.15) is 11.3 Å². The largest absolute Gasteiger partial charge is 0.507 e. The lowest BCUT2D eigenvalue weighted by molar-refractivity contribution is 0.101. The highest BCUT2D eigenvalue weighted by Crippen LogP contribution is 2.35. The maximum absolute atomic E-state index is 11.0. The van der Waals surface area contributed by atoms with E-state index in [4.69, 9.17) is 4.74 Å². The number of ketones is 1. The summed E-state index contributed by atoms with van der Waals surface area (Å²) in [6, 6.07) is 2.51. The SMILES string of the molecule is COc1c(O)ccc(O)c1C(C)=O. The first kappa shape index (κ1) is 9.38. The second-order valence-electron chi connectivity index (χ2n) is 2.57. The summed E-state index contributed by atoms with van der Waals surface area (Å²) in [5.41, 5.74) is 0.00231. The van der Waals surface area contributed by atoms with Gasteiger partial charge in [0.05, 0.1) is 7.11 Å². The second-order valence-corrected chi connectivity index (χ2v) is 2.57. The molecule has 1 aromatic rings. The van der Waals surface area contributed by atoms with Crippen LogP contribution in [0.1, 0.15) is 17.3 Å². The molecule has 0 amide bonds. The van der Waals surface area contributed by atoms with Gasteiger partial charge in [-0.3, -0.25) is 4.79 Å². The van der Waals surface area contributed by atoms with Crippen LogP contribution in [-0.4, -0.2) is 23.1 Å². The lowest BCUT2D eigenvalue weighted by Crippen LogP contribution is -1.98. The van der Waals surface area contributed by atoms with Crippen LogP contribution in [0.4, 0.5) is 0 Å². The summed E-state index contributed by atoms with van der Waals surface area (Å²) in [6.07, 6.45) is 0. The highest BCUT2D eigenvalue weighted by molar-refractivity contribution is 6.00. The van der Waals surface area contributed by atoms with Crippen molar-refractivity contribution in [1.82, 2.24) is 0 Å². The molecule has 0 aromatic heterocycles. The number of hydrogen-bond acceptors (Lipinski definition) is 4. The molecule has 0 aliphatic heterocycles. The number of ether oxygens (including phenoxy) is 1. The van der Waals surface area contributed by atoms with E-state index in [1.807, 2.05) is 0 Å². The van der Waals surface area contributed by atoms with Crippen LogP contribution in [0, 0.1) is 0 Å². The molecule has 13 heavy (non-hydrogen) atoms. The van der Waals surface area contributed by atoms with Crippen molar-refractivity contribution in [2.75, 3.05) is 7.11 Å². The van der Waals surface area contributed by atoms with Crippen molar-refractivity contribution in [3.8, 4) is 17.2 Å². The van der Waals surface area contributed by atoms with E-state index < -0.39 is 0 Å². The van der Waals surface area contributed by atoms with Crippen molar-refractivity contribution < 1.29 is 19.7 Å². The monoisotopic (exact) mass is 182 g/mol. The Balaban J connectivity index is 3.43. The zero-order valence-corrected chi connectivity index (χ0v) is 7.37. The smallest absolute Gasteiger partial charge is 0.175 e. The zero-order valence-electron chi connectivity index (χ0n) is 7.37. The van der Waals surface area contributed by atoms with E-state index in [1.54, 1.807) is 0 Å². The van der Waals surface area contributed by atoms with Gasteiger partial charge in [0.2, 0.25) is 0 Å². The minimum absolute atomic E-state index is 0.00231. The van der Waals surface area contributed by atoms with Crippen molar-refractivity contribution in [2.45, 2.75) is 6.92 Å². The van der Waals surface area contributed by atoms with Gasteiger partial charge in [-0.1, -0.05) is 0 Å². The standard InChI is InChI=1S/C9H10O4/c1-5(10)8-6(11)3-4-7(12)9(8)13-2/h3-4,11-12H,1-2H3. The number of phenols is 2. The topological polar surface area (TPSA) is 66.8 Å². The van der Waals surface area contributed by atoms with Gasteiger partial charge >= 0.3 is 0 Å². The van der Waals surface area contributed by atoms with Crippen molar-refractivity contribution in [3.05, 3.63) is 17.7 Å². The molecular formula is C9H10O4. The molecule has 0 aliphatic carbocycles. The molecule has 0 atom stereocenters. The van der Waals surface area contributed by atoms with E-state index in [2.05, 4.69) is 0 Å². The maximum Gasteiger partial charge on any atom is 0.175 e. The van der Waals surface area contributed by atoms with Crippen LogP contribution >= 0.6 is 0 Å². The number of Topliss-reactive ketones (excluding diaryl/α,β-unsaturated/α-hetero) is 1. The van der Waals surface area contributed by atoms with Crippen LogP contribution in [0.2, 0.25) is 0 Å². The van der Waals surface area contributed by atoms with Gasteiger partial charge in [0.25, 0.3) is 0 Å². The molecule has 1 rings (SSSR count). The van der Waals surface area contributed by atoms with E-state index in [9.17, 15) is 15.0 Å². The van der Waals surface area contributed by atoms with Crippen molar-refractivity contribution in [1.29, 1.82) is 0 Å². The molecule has 4 nitrogen and oxygen atoms in total. The maximum atomic E-state index is 11.0. The molecule has 0 aliphatic rings. The van der Waals surface area contributed by atoms with Gasteiger partial charge in [0, 0.05) is 0 Å². The molecule has 0 radical (unpaired) electrons. The normalized spacial score (nSPS) is 9.69. The zero-order chi connectivity index (χ0) is 10.0. The molecule has 0 fully saturated rings. The van der Waals surface area contributed by atoms with Gasteiger partial charge in [-0.15, -0.1) is 0 Å². The first-order valence-corrected chi connectivity index (χ1v) is 3.67. The molecule has 0 bridgehead atoms. The van der Waals surface area contributed by atoms with Crippen molar-refractivity contribution >= 4 is 5.78 Å². The fraction of sp³-hybridized carbons (Fsp3) is 0.222. The van der Waals surface area contributed by atoms with E-state index in [0.717, 1.165) is 0 Å². The predicted octanol–water partition coefficient (Wildman–Crippen LogP) is 1.31. The highest BCUT2D eigenvalue weighted by atomic mass is 16.5. The van der Waals surface area contributed by atoms with Gasteiger partial charge < -0.3 is 14.9 Å². The van der Waals surface area contributed by atoms with Gasteiger partial charge in [-0.05, 0) is 19.1 Å². The minimum atomic E-state index is -0.356. The molecule has 70 valence electrons. The van der Waals surface area contributed by atoms with Crippen LogP contribution in [-0.2, 0) is 0 Å². The lowest BCUT2D eigenvalue weighted by atomic mass is 10.1. The minimum Gasteiger partial charge on any atom is -0.507 e. The van der Waals surface area contributed by atoms with Crippen LogP contribution in [0.25, 0.3) is 0 Å². The first-order chi connectivity index (χ1) is 6.07. The fourth-order valence-electron chi connectivity index (χ4n) is 1.11. The second kappa shape index (κ2) is 3.35. The average Bonchev–Trinajstić information content (AvgIpc) is 2.07. The first-order valence-electron chi connectivity index (χ1n) is 3.67. The quantitative estimate of drug-likeness (QED) is 0.534. The Hall–Kier alpha value is -1.71. The number of hydrogen-bond donors (Lipinski definition) is 2. The van der Waals surface area contributed by atoms with E-state index in [1.165, 1.54) is 26.2 Å². The molecule has 2 N–H and O–H groups in total. The average molecular weight is 182 g/mol. The van der Waals surface area contributed by atoms with E-state index in [-0.39, 0.29) is 28.6 Å². The summed E-state index contributed by atoms with van der Waals surface area (Å²) in [7, 11) is 1.32. The summed E-state index contributed by atoms with van der Waals surface area (Å²) in [4.78, 5) is 11.0. The number of benzene rings is 1. The van der Waals surface area contributed by atoms with Gasteiger partial charge in [0.15, 0.2) is 17.3 Å². The molecule has 1 aromatic carbocycles. The van der Waals surface area contributed by atoms with Crippen molar-refractivity contribution in [3.63, 3.8) is 0 Å². The summed E-state index contributed by atoms with van der Waals surface area (Å²) in [5.74, 6) is -0.703. The van der Waals surface area contributed by atoms with E-state index in [0.29, 0.717) is 0 Å². The molecule has 0 heterocycles. The summed E-state index contributed by atoms with van der Waals surface area (Å²) < 4.78 is 4.79. The van der Waals surface area contributed by atoms with Gasteiger partial charge in [-0.25, -0.2) is 0 Å². The van der Waals surface area contributed by atoms with Crippen LogP contribution in [0.5, 0.6) is 17.2 Å². The fourth-order valence-corrected chi connectivity index (χ4v) is 1.11. The Morgan fingerprint density at radius 2 is 1.85 bits per heavy atom. The Morgan fingerprint density at radius 1 is 1.31 bits per heavy atom. The summed E-state index contributed by atoms with van der Waals surface area (Å²) in [6.45, 7) is 1.29. The Kier molecular flexibility index (Phi) is 2.41. The van der Waals surface area contributed by atoms with Crippen molar-refractivity contribution in [2.24, 2.45) is 0 Å². The molecule has 0 spiro atoms. The number of carbonyl (C=O) groups excluding carboxylic acids is 1. The molecule has 0 saturated heterocycles. The third-order valence-corrected chi connectivity index (χ3v) is 1.67. The lowest BCUT2D eigenvalue weighted by Gasteiger charge is -2.08. The number of methoxy groups -OCH3 is 1. The molecule has 0 unspecified atom stereocenters. The summed E-state index contributed by atoms with van der Waals surface area (Å²) >= 11 is 0. The van der Waals surface area contributed by atoms with Gasteiger partial charge in [-0.2, -0.15) is 0 Å². The van der Waals surface area contributed by atoms with Crippen LogP contribution in [0.3, 0.4) is 0 Å². The Bertz CT molecular complexity index is 344. The number of carbonyl (C=O) groups is 1. The number of rotatable bonds is 2. The predicted molar refractivity (Wildman–Crippen MR) is 46.3 cm³/mol. The highest BCUT2D eigenvalue weighted by Gasteiger charge is 2.16. The molecular weight excluding hydrogens is 172 g/mol. The third-order valence-electron chi connectivity index (χ3n) is 1.67. The Morgan fingerprint density at radius 3 is 2.23 bits per heavy atom. The molecule has 4 heteroatoms. The number of aromatic hydroxyl groups is 2. The van der Waals surface area contributed by atoms with Crippen LogP contribution in [0.15, 0.2) is 12.1 Å². The molecule has 0 saturated carbocycles.